The van der Waals surface area contributed by atoms with Crippen molar-refractivity contribution in [3.63, 3.8) is 0 Å². The summed E-state index contributed by atoms with van der Waals surface area (Å²) in [7, 11) is 0. The molecule has 0 spiro atoms. The molecule has 2 atom stereocenters. The molecule has 1 N–H and O–H groups in total. The molecule has 2 aromatic carbocycles. The van der Waals surface area contributed by atoms with Crippen molar-refractivity contribution in [2.75, 3.05) is 11.9 Å². The van der Waals surface area contributed by atoms with Crippen LogP contribution in [0.25, 0.3) is 0 Å². The normalized spacial score (nSPS) is 18.3. The Morgan fingerprint density at radius 2 is 1.81 bits per heavy atom. The summed E-state index contributed by atoms with van der Waals surface area (Å²) < 4.78 is 19.1. The Labute approximate surface area is 189 Å². The molecule has 1 aromatic heterocycles. The van der Waals surface area contributed by atoms with Gasteiger partial charge in [-0.2, -0.15) is 9.97 Å². The van der Waals surface area contributed by atoms with Crippen molar-refractivity contribution in [2.45, 2.75) is 31.8 Å². The number of aromatic nitrogens is 3. The zero-order valence-corrected chi connectivity index (χ0v) is 18.3. The minimum Gasteiger partial charge on any atom is -0.477 e. The topological polar surface area (TPSA) is 97.0 Å². The van der Waals surface area contributed by atoms with Gasteiger partial charge in [0.05, 0.1) is 12.6 Å². The van der Waals surface area contributed by atoms with Gasteiger partial charge in [-0.15, -0.1) is 5.11 Å². The van der Waals surface area contributed by atoms with E-state index in [4.69, 9.17) is 16.3 Å². The van der Waals surface area contributed by atoms with E-state index in [1.807, 2.05) is 44.2 Å². The second-order valence-electron chi connectivity index (χ2n) is 7.39. The summed E-state index contributed by atoms with van der Waals surface area (Å²) in [6.07, 6.45) is 0.370. The highest BCUT2D eigenvalue weighted by atomic mass is 35.5. The van der Waals surface area contributed by atoms with Crippen molar-refractivity contribution in [2.24, 2.45) is 15.4 Å². The average Bonchev–Trinajstić information content (AvgIpc) is 3.16. The second-order valence-corrected chi connectivity index (χ2v) is 7.73. The molecule has 0 saturated carbocycles. The molecule has 2 heterocycles. The third kappa shape index (κ3) is 4.88. The molecule has 164 valence electrons. The van der Waals surface area contributed by atoms with Crippen LogP contribution in [0, 0.1) is 5.82 Å². The van der Waals surface area contributed by atoms with Gasteiger partial charge in [-0.05, 0) is 53.9 Å². The van der Waals surface area contributed by atoms with Gasteiger partial charge in [-0.25, -0.2) is 9.37 Å². The van der Waals surface area contributed by atoms with Crippen molar-refractivity contribution < 1.29 is 9.13 Å². The molecule has 1 aliphatic heterocycles. The highest BCUT2D eigenvalue weighted by molar-refractivity contribution is 6.28. The molecule has 0 fully saturated rings. The van der Waals surface area contributed by atoms with Crippen LogP contribution in [-0.2, 0) is 16.7 Å². The largest absolute Gasteiger partial charge is 0.477 e. The van der Waals surface area contributed by atoms with E-state index in [9.17, 15) is 4.39 Å². The van der Waals surface area contributed by atoms with E-state index >= 15 is 0 Å². The standard InChI is InChI=1S/C22H21ClFN7O/c1-14(15-6-4-3-5-7-15)25-21-27-18(26-20(23)28-21)12-13-32-19-22(2,30-31-29-19)16-8-10-17(24)11-9-16/h3-11,14H,12-13H2,1-2H3,(H,25,26,27,28)/t14?,22-/m0/s1. The fraction of sp³-hybridized carbons (Fsp3) is 0.273. The minimum absolute atomic E-state index is 0.00810. The molecule has 0 amide bonds. The fourth-order valence-electron chi connectivity index (χ4n) is 3.24. The van der Waals surface area contributed by atoms with Crippen LogP contribution in [0.1, 0.15) is 36.8 Å². The number of ether oxygens (including phenoxy) is 1. The van der Waals surface area contributed by atoms with E-state index in [0.717, 1.165) is 11.1 Å². The minimum atomic E-state index is -0.914. The molecular weight excluding hydrogens is 433 g/mol. The van der Waals surface area contributed by atoms with E-state index in [1.54, 1.807) is 12.1 Å². The maximum absolute atomic E-state index is 13.3. The number of anilines is 1. The Balaban J connectivity index is 1.39. The first-order valence-corrected chi connectivity index (χ1v) is 10.4. The lowest BCUT2D eigenvalue weighted by atomic mass is 9.93. The quantitative estimate of drug-likeness (QED) is 0.537. The smallest absolute Gasteiger partial charge is 0.245 e. The summed E-state index contributed by atoms with van der Waals surface area (Å²) in [5.41, 5.74) is 0.909. The lowest BCUT2D eigenvalue weighted by Crippen LogP contribution is -2.30. The Morgan fingerprint density at radius 1 is 1.06 bits per heavy atom. The molecule has 0 aliphatic carbocycles. The first-order valence-electron chi connectivity index (χ1n) is 10.0. The number of hydrogen-bond donors (Lipinski definition) is 1. The summed E-state index contributed by atoms with van der Waals surface area (Å²) in [5, 5.41) is 15.2. The predicted molar refractivity (Wildman–Crippen MR) is 119 cm³/mol. The van der Waals surface area contributed by atoms with E-state index in [1.165, 1.54) is 12.1 Å². The van der Waals surface area contributed by atoms with Crippen molar-refractivity contribution in [3.05, 3.63) is 82.6 Å². The summed E-state index contributed by atoms with van der Waals surface area (Å²) in [5.74, 6) is 0.851. The molecule has 1 unspecified atom stereocenters. The Morgan fingerprint density at radius 3 is 2.56 bits per heavy atom. The van der Waals surface area contributed by atoms with E-state index in [0.29, 0.717) is 24.1 Å². The van der Waals surface area contributed by atoms with Crippen LogP contribution < -0.4 is 5.32 Å². The van der Waals surface area contributed by atoms with Gasteiger partial charge in [0.25, 0.3) is 0 Å². The van der Waals surface area contributed by atoms with Gasteiger partial charge >= 0.3 is 0 Å². The number of nitrogens with one attached hydrogen (secondary N) is 1. The Kier molecular flexibility index (Phi) is 6.36. The van der Waals surface area contributed by atoms with Crippen LogP contribution in [0.4, 0.5) is 10.3 Å². The summed E-state index contributed by atoms with van der Waals surface area (Å²) in [4.78, 5) is 12.8. The molecular formula is C22H21ClFN7O. The second kappa shape index (κ2) is 9.35. The van der Waals surface area contributed by atoms with Crippen molar-refractivity contribution in [3.8, 4) is 0 Å². The number of rotatable bonds is 7. The van der Waals surface area contributed by atoms with E-state index < -0.39 is 5.54 Å². The lowest BCUT2D eigenvalue weighted by Gasteiger charge is -2.21. The summed E-state index contributed by atoms with van der Waals surface area (Å²) >= 11 is 6.10. The average molecular weight is 454 g/mol. The third-order valence-electron chi connectivity index (χ3n) is 5.07. The third-order valence-corrected chi connectivity index (χ3v) is 5.24. The summed E-state index contributed by atoms with van der Waals surface area (Å²) in [6, 6.07) is 15.9. The molecule has 0 saturated heterocycles. The van der Waals surface area contributed by atoms with Crippen LogP contribution in [0.3, 0.4) is 0 Å². The van der Waals surface area contributed by atoms with Gasteiger partial charge in [0.15, 0.2) is 5.54 Å². The zero-order chi connectivity index (χ0) is 22.6. The van der Waals surface area contributed by atoms with Gasteiger partial charge in [-0.3, -0.25) is 0 Å². The van der Waals surface area contributed by atoms with Crippen LogP contribution in [-0.4, -0.2) is 27.5 Å². The molecule has 10 heteroatoms. The summed E-state index contributed by atoms with van der Waals surface area (Å²) in [6.45, 7) is 4.05. The van der Waals surface area contributed by atoms with Crippen molar-refractivity contribution in [1.82, 2.24) is 15.0 Å². The van der Waals surface area contributed by atoms with E-state index in [-0.39, 0.29) is 23.7 Å². The number of nitrogens with zero attached hydrogens (tertiary/aromatic N) is 6. The SMILES string of the molecule is CC(Nc1nc(Cl)nc(CCOC2=NN=N[C@@]2(C)c2ccc(F)cc2)n1)c1ccccc1. The Bertz CT molecular complexity index is 1140. The first kappa shape index (κ1) is 21.8. The van der Waals surface area contributed by atoms with Crippen LogP contribution >= 0.6 is 11.6 Å². The molecule has 3 aromatic rings. The van der Waals surface area contributed by atoms with Crippen LogP contribution in [0.2, 0.25) is 5.28 Å². The molecule has 8 nitrogen and oxygen atoms in total. The highest BCUT2D eigenvalue weighted by Crippen LogP contribution is 2.32. The van der Waals surface area contributed by atoms with Gasteiger partial charge in [0, 0.05) is 6.42 Å². The molecule has 32 heavy (non-hydrogen) atoms. The number of halogens is 2. The zero-order valence-electron chi connectivity index (χ0n) is 17.5. The Hall–Kier alpha value is -3.46. The maximum atomic E-state index is 13.3. The van der Waals surface area contributed by atoms with Gasteiger partial charge in [0.1, 0.15) is 11.6 Å². The van der Waals surface area contributed by atoms with Crippen LogP contribution in [0.5, 0.6) is 0 Å². The van der Waals surface area contributed by atoms with Gasteiger partial charge in [-0.1, -0.05) is 47.6 Å². The molecule has 1 aliphatic rings. The monoisotopic (exact) mass is 453 g/mol. The van der Waals surface area contributed by atoms with Crippen molar-refractivity contribution in [1.29, 1.82) is 0 Å². The fourth-order valence-corrected chi connectivity index (χ4v) is 3.42. The first-order chi connectivity index (χ1) is 15.4. The molecule has 0 bridgehead atoms. The molecule has 0 radical (unpaired) electrons. The maximum Gasteiger partial charge on any atom is 0.245 e. The van der Waals surface area contributed by atoms with Crippen LogP contribution in [0.15, 0.2) is 70.0 Å². The predicted octanol–water partition coefficient (Wildman–Crippen LogP) is 5.09. The van der Waals surface area contributed by atoms with Gasteiger partial charge in [0.2, 0.25) is 17.1 Å². The lowest BCUT2D eigenvalue weighted by molar-refractivity contribution is 0.280. The van der Waals surface area contributed by atoms with E-state index in [2.05, 4.69) is 35.7 Å². The highest BCUT2D eigenvalue weighted by Gasteiger charge is 2.38. The number of benzene rings is 2. The molecule has 4 rings (SSSR count). The van der Waals surface area contributed by atoms with Crippen molar-refractivity contribution >= 4 is 23.4 Å². The van der Waals surface area contributed by atoms with Gasteiger partial charge < -0.3 is 10.1 Å². The number of hydrogen-bond acceptors (Lipinski definition) is 8.